The number of hydrogen-bond donors (Lipinski definition) is 0. The third kappa shape index (κ3) is 5.73. The van der Waals surface area contributed by atoms with E-state index >= 15 is 0 Å². The second kappa shape index (κ2) is 9.97. The fraction of sp³-hybridized carbons (Fsp3) is 0.842. The number of hydrogen-bond acceptors (Lipinski definition) is 12. The minimum Gasteiger partial charge on any atom is -0.343 e. The molecule has 0 spiro atoms. The Morgan fingerprint density at radius 3 is 2.41 bits per heavy atom. The van der Waals surface area contributed by atoms with Crippen molar-refractivity contribution in [3.8, 4) is 0 Å². The average Bonchev–Trinajstić information content (AvgIpc) is 3.22. The maximum atomic E-state index is 12.6. The van der Waals surface area contributed by atoms with Gasteiger partial charge in [0.25, 0.3) is 17.2 Å². The van der Waals surface area contributed by atoms with Crippen molar-refractivity contribution in [2.75, 3.05) is 40.6 Å². The van der Waals surface area contributed by atoms with E-state index in [1.54, 1.807) is 34.0 Å². The molecule has 3 aliphatic heterocycles. The highest BCUT2D eigenvalue weighted by Crippen LogP contribution is 2.47. The van der Waals surface area contributed by atoms with Gasteiger partial charge in [0.05, 0.1) is 6.61 Å². The van der Waals surface area contributed by atoms with Gasteiger partial charge in [0.2, 0.25) is 10.8 Å². The minimum absolute atomic E-state index is 0.0502. The topological polar surface area (TPSA) is 135 Å². The predicted molar refractivity (Wildman–Crippen MR) is 121 cm³/mol. The molecule has 34 heavy (non-hydrogen) atoms. The molecule has 13 nitrogen and oxygen atoms in total. The number of oxime groups is 1. The van der Waals surface area contributed by atoms with E-state index in [1.807, 2.05) is 0 Å². The van der Waals surface area contributed by atoms with Gasteiger partial charge in [-0.2, -0.15) is 0 Å². The second-order valence-corrected chi connectivity index (χ2v) is 10.9. The highest BCUT2D eigenvalue weighted by Gasteiger charge is 2.65. The van der Waals surface area contributed by atoms with Gasteiger partial charge < -0.3 is 28.6 Å². The molecule has 3 rings (SSSR count). The van der Waals surface area contributed by atoms with Gasteiger partial charge in [-0.3, -0.25) is 13.8 Å². The van der Waals surface area contributed by atoms with E-state index in [2.05, 4.69) is 5.16 Å². The van der Waals surface area contributed by atoms with Gasteiger partial charge in [0.15, 0.2) is 11.6 Å². The molecule has 1 unspecified atom stereocenters. The molecule has 15 heteroatoms. The van der Waals surface area contributed by atoms with Crippen molar-refractivity contribution in [3.63, 3.8) is 0 Å². The summed E-state index contributed by atoms with van der Waals surface area (Å²) in [6, 6.07) is 0. The lowest BCUT2D eigenvalue weighted by Crippen LogP contribution is -2.60. The molecule has 3 aliphatic rings. The highest BCUT2D eigenvalue weighted by molar-refractivity contribution is 8.15. The van der Waals surface area contributed by atoms with Crippen LogP contribution in [0.5, 0.6) is 0 Å². The van der Waals surface area contributed by atoms with E-state index in [0.717, 1.165) is 11.8 Å². The first-order valence-electron chi connectivity index (χ1n) is 10.4. The number of carbonyl (C=O) groups excluding carboxylic acids is 2. The Morgan fingerprint density at radius 2 is 1.79 bits per heavy atom. The van der Waals surface area contributed by atoms with E-state index in [9.17, 15) is 13.8 Å². The lowest BCUT2D eigenvalue weighted by molar-refractivity contribution is -0.290. The van der Waals surface area contributed by atoms with Gasteiger partial charge in [-0.25, -0.2) is 13.3 Å². The van der Waals surface area contributed by atoms with E-state index < -0.39 is 52.8 Å². The van der Waals surface area contributed by atoms with Crippen LogP contribution in [0, 0.1) is 0 Å². The summed E-state index contributed by atoms with van der Waals surface area (Å²) >= 11 is -1.29. The number of amides is 2. The van der Waals surface area contributed by atoms with Crippen LogP contribution < -0.4 is 0 Å². The van der Waals surface area contributed by atoms with Crippen LogP contribution in [0.4, 0.5) is 4.79 Å². The van der Waals surface area contributed by atoms with Crippen molar-refractivity contribution in [1.29, 1.82) is 0 Å². The van der Waals surface area contributed by atoms with Crippen molar-refractivity contribution >= 4 is 40.1 Å². The first-order valence-corrected chi connectivity index (χ1v) is 12.7. The molecule has 0 aromatic heterocycles. The van der Waals surface area contributed by atoms with Crippen molar-refractivity contribution < 1.29 is 46.5 Å². The zero-order valence-corrected chi connectivity index (χ0v) is 22.0. The third-order valence-electron chi connectivity index (χ3n) is 5.11. The number of carbonyl (C=O) groups is 2. The Labute approximate surface area is 205 Å². The van der Waals surface area contributed by atoms with E-state index in [1.165, 1.54) is 26.0 Å². The Kier molecular flexibility index (Phi) is 7.99. The molecule has 5 atom stereocenters. The molecule has 0 N–H and O–H groups in total. The molecule has 194 valence electrons. The SMILES string of the molecule is CS/C(=N\OC(=O)N(C)S(=O)OC[C@@]12OC[C@H]3OC(C)(C)O[C@H]3[C@@H]1OC(C)(C)O2)C(=O)N(C)C. The maximum absolute atomic E-state index is 12.6. The summed E-state index contributed by atoms with van der Waals surface area (Å²) in [5.41, 5.74) is 0. The van der Waals surface area contributed by atoms with Gasteiger partial charge in [0, 0.05) is 21.1 Å². The van der Waals surface area contributed by atoms with Crippen LogP contribution in [0.1, 0.15) is 27.7 Å². The summed E-state index contributed by atoms with van der Waals surface area (Å²) in [7, 11) is 4.26. The number of fused-ring (bicyclic) bond motifs is 3. The molecule has 0 radical (unpaired) electrons. The first-order chi connectivity index (χ1) is 15.7. The van der Waals surface area contributed by atoms with Crippen LogP contribution in [-0.4, -0.2) is 107 Å². The summed E-state index contributed by atoms with van der Waals surface area (Å²) < 4.78 is 48.6. The summed E-state index contributed by atoms with van der Waals surface area (Å²) in [6.45, 7) is 6.81. The third-order valence-corrected chi connectivity index (χ3v) is 6.66. The zero-order chi connectivity index (χ0) is 25.5. The smallest absolute Gasteiger partial charge is 0.343 e. The van der Waals surface area contributed by atoms with Crippen molar-refractivity contribution in [2.45, 2.75) is 63.4 Å². The average molecular weight is 526 g/mol. The highest BCUT2D eigenvalue weighted by atomic mass is 32.2. The Morgan fingerprint density at radius 1 is 1.12 bits per heavy atom. The molecular formula is C19H31N3O10S2. The van der Waals surface area contributed by atoms with Crippen molar-refractivity contribution in [1.82, 2.24) is 9.21 Å². The van der Waals surface area contributed by atoms with Crippen LogP contribution in [0.2, 0.25) is 0 Å². The Hall–Kier alpha value is -1.33. The molecule has 0 aliphatic carbocycles. The quantitative estimate of drug-likeness (QED) is 0.218. The van der Waals surface area contributed by atoms with Gasteiger partial charge in [-0.15, -0.1) is 11.8 Å². The Bertz CT molecular complexity index is 867. The number of thioether (sulfide) groups is 1. The molecule has 3 heterocycles. The molecule has 2 amide bonds. The number of rotatable bonds is 5. The fourth-order valence-corrected chi connectivity index (χ4v) is 4.76. The van der Waals surface area contributed by atoms with Gasteiger partial charge in [-0.05, 0) is 34.0 Å². The molecule has 0 saturated carbocycles. The van der Waals surface area contributed by atoms with Crippen LogP contribution in [-0.2, 0) is 48.8 Å². The molecule has 3 fully saturated rings. The number of nitrogens with zero attached hydrogens (tertiary/aromatic N) is 3. The largest absolute Gasteiger partial charge is 0.449 e. The molecular weight excluding hydrogens is 494 g/mol. The molecule has 0 aromatic rings. The van der Waals surface area contributed by atoms with Crippen LogP contribution in [0.25, 0.3) is 0 Å². The monoisotopic (exact) mass is 525 g/mol. The summed E-state index contributed by atoms with van der Waals surface area (Å²) in [4.78, 5) is 30.3. The standard InChI is InChI=1S/C19H31N3O10S2/c1-17(2)28-11-9-26-19(13(12(11)29-17)30-18(3,4)32-19)10-27-34(25)22(7)16(24)31-20-14(33-8)15(23)21(5)6/h11-13H,9-10H2,1-8H3/b20-14-/t11-,12-,13+,19+,34?/m1/s1. The summed E-state index contributed by atoms with van der Waals surface area (Å²) in [6.07, 6.45) is -1.09. The minimum atomic E-state index is -2.29. The van der Waals surface area contributed by atoms with Crippen molar-refractivity contribution in [3.05, 3.63) is 0 Å². The van der Waals surface area contributed by atoms with E-state index in [-0.39, 0.29) is 24.4 Å². The summed E-state index contributed by atoms with van der Waals surface area (Å²) in [5, 5.41) is 3.49. The predicted octanol–water partition coefficient (Wildman–Crippen LogP) is 0.813. The molecule has 0 bridgehead atoms. The fourth-order valence-electron chi connectivity index (χ4n) is 3.71. The number of ether oxygens (including phenoxy) is 5. The van der Waals surface area contributed by atoms with Crippen LogP contribution in [0.15, 0.2) is 5.16 Å². The lowest BCUT2D eigenvalue weighted by atomic mass is 9.98. The van der Waals surface area contributed by atoms with E-state index in [4.69, 9.17) is 32.7 Å². The second-order valence-electron chi connectivity index (χ2n) is 8.94. The van der Waals surface area contributed by atoms with Gasteiger partial charge in [-0.1, -0.05) is 5.16 Å². The van der Waals surface area contributed by atoms with Gasteiger partial charge in [0.1, 0.15) is 24.9 Å². The molecule has 3 saturated heterocycles. The first kappa shape index (κ1) is 27.3. The lowest BCUT2D eigenvalue weighted by Gasteiger charge is -2.40. The van der Waals surface area contributed by atoms with Crippen LogP contribution >= 0.6 is 11.8 Å². The zero-order valence-electron chi connectivity index (χ0n) is 20.4. The van der Waals surface area contributed by atoms with E-state index in [0.29, 0.717) is 4.31 Å². The van der Waals surface area contributed by atoms with Crippen LogP contribution in [0.3, 0.4) is 0 Å². The Balaban J connectivity index is 1.64. The van der Waals surface area contributed by atoms with Crippen molar-refractivity contribution in [2.24, 2.45) is 5.16 Å². The maximum Gasteiger partial charge on any atom is 0.449 e. The molecule has 0 aromatic carbocycles. The summed E-state index contributed by atoms with van der Waals surface area (Å²) in [5.74, 6) is -3.74. The normalized spacial score (nSPS) is 32.5. The van der Waals surface area contributed by atoms with Gasteiger partial charge >= 0.3 is 6.09 Å².